The molecule has 1 aromatic heterocycles. The van der Waals surface area contributed by atoms with Crippen molar-refractivity contribution < 1.29 is 19.2 Å². The number of aromatic nitrogens is 2. The van der Waals surface area contributed by atoms with Gasteiger partial charge in [-0.3, -0.25) is 28.8 Å². The summed E-state index contributed by atoms with van der Waals surface area (Å²) in [5.74, 6) is -1.36. The molecule has 1 N–H and O–H groups in total. The van der Waals surface area contributed by atoms with Gasteiger partial charge in [-0.2, -0.15) is 0 Å². The van der Waals surface area contributed by atoms with E-state index < -0.39 is 22.9 Å². The maximum atomic E-state index is 12.6. The smallest absolute Gasteiger partial charge is 0.329 e. The molecule has 10 nitrogen and oxygen atoms in total. The number of carbonyl (C=O) groups excluding carboxylic acids is 2. The van der Waals surface area contributed by atoms with Gasteiger partial charge in [-0.05, 0) is 32.0 Å². The molecule has 0 aliphatic carbocycles. The van der Waals surface area contributed by atoms with E-state index >= 15 is 0 Å². The average molecular weight is 461 g/mol. The number of amides is 1. The molecule has 0 saturated carbocycles. The molecule has 11 heteroatoms. The Morgan fingerprint density at radius 2 is 1.84 bits per heavy atom. The fourth-order valence-electron chi connectivity index (χ4n) is 3.26. The molecule has 32 heavy (non-hydrogen) atoms. The zero-order valence-electron chi connectivity index (χ0n) is 17.4. The van der Waals surface area contributed by atoms with Crippen molar-refractivity contribution in [2.24, 2.45) is 0 Å². The number of hydrogen-bond acceptors (Lipinski definition) is 6. The van der Waals surface area contributed by atoms with Crippen LogP contribution in [0.15, 0.2) is 47.3 Å². The topological polar surface area (TPSA) is 125 Å². The summed E-state index contributed by atoms with van der Waals surface area (Å²) in [4.78, 5) is 47.5. The molecule has 0 aliphatic rings. The molecule has 1 heterocycles. The Morgan fingerprint density at radius 1 is 1.19 bits per heavy atom. The minimum atomic E-state index is -1.17. The molecule has 3 aromatic rings. The first-order valence-corrected chi connectivity index (χ1v) is 10.2. The lowest BCUT2D eigenvalue weighted by Gasteiger charge is -2.14. The maximum Gasteiger partial charge on any atom is 0.329 e. The first kappa shape index (κ1) is 23.0. The van der Waals surface area contributed by atoms with Crippen LogP contribution in [0.4, 0.5) is 11.4 Å². The van der Waals surface area contributed by atoms with Gasteiger partial charge in [0.1, 0.15) is 0 Å². The van der Waals surface area contributed by atoms with Gasteiger partial charge in [0.2, 0.25) is 0 Å². The number of nitro benzene ring substituents is 1. The van der Waals surface area contributed by atoms with Crippen LogP contribution in [0.25, 0.3) is 11.0 Å². The van der Waals surface area contributed by atoms with Crippen LogP contribution in [0.5, 0.6) is 0 Å². The van der Waals surface area contributed by atoms with Gasteiger partial charge in [-0.1, -0.05) is 23.7 Å². The highest BCUT2D eigenvalue weighted by molar-refractivity contribution is 6.33. The predicted molar refractivity (Wildman–Crippen MR) is 119 cm³/mol. The fourth-order valence-corrected chi connectivity index (χ4v) is 3.43. The van der Waals surface area contributed by atoms with Gasteiger partial charge in [0.15, 0.2) is 6.10 Å². The summed E-state index contributed by atoms with van der Waals surface area (Å²) in [6.07, 6.45) is -1.29. The lowest BCUT2D eigenvalue weighted by atomic mass is 10.2. The Balaban J connectivity index is 1.63. The second-order valence-electron chi connectivity index (χ2n) is 6.96. The van der Waals surface area contributed by atoms with Crippen molar-refractivity contribution in [2.75, 3.05) is 5.32 Å². The zero-order chi connectivity index (χ0) is 23.4. The number of para-hydroxylation sites is 2. The summed E-state index contributed by atoms with van der Waals surface area (Å²) in [5, 5.41) is 13.4. The number of esters is 1. The number of carbonyl (C=O) groups is 2. The van der Waals surface area contributed by atoms with Crippen LogP contribution in [0.2, 0.25) is 5.02 Å². The molecule has 168 valence electrons. The second kappa shape index (κ2) is 9.65. The van der Waals surface area contributed by atoms with Crippen LogP contribution >= 0.6 is 11.6 Å². The Labute approximate surface area is 187 Å². The van der Waals surface area contributed by atoms with Crippen LogP contribution in [0.1, 0.15) is 20.3 Å². The third-order valence-electron chi connectivity index (χ3n) is 4.88. The number of benzene rings is 2. The number of non-ortho nitro benzene ring substituents is 1. The average Bonchev–Trinajstić information content (AvgIpc) is 3.03. The summed E-state index contributed by atoms with van der Waals surface area (Å²) in [6.45, 7) is 3.82. The van der Waals surface area contributed by atoms with Gasteiger partial charge in [-0.25, -0.2) is 4.79 Å². The summed E-state index contributed by atoms with van der Waals surface area (Å²) in [7, 11) is 0. The number of imidazole rings is 1. The van der Waals surface area contributed by atoms with Crippen molar-refractivity contribution in [3.05, 3.63) is 68.1 Å². The molecule has 0 fully saturated rings. The molecule has 0 saturated heterocycles. The van der Waals surface area contributed by atoms with E-state index in [2.05, 4.69) is 5.32 Å². The SMILES string of the molecule is CCn1c(=O)n(CCC(=O)OC(C)C(=O)Nc2cc([N+](=O)[O-])ccc2Cl)c2ccccc21. The Morgan fingerprint density at radius 3 is 2.47 bits per heavy atom. The summed E-state index contributed by atoms with van der Waals surface area (Å²) < 4.78 is 8.26. The summed E-state index contributed by atoms with van der Waals surface area (Å²) in [5.41, 5.74) is 1.04. The number of aryl methyl sites for hydroxylation is 2. The van der Waals surface area contributed by atoms with E-state index in [1.165, 1.54) is 23.6 Å². The highest BCUT2D eigenvalue weighted by Gasteiger charge is 2.21. The minimum Gasteiger partial charge on any atom is -0.452 e. The molecule has 0 bridgehead atoms. The Hall–Kier alpha value is -3.66. The van der Waals surface area contributed by atoms with Crippen molar-refractivity contribution in [1.82, 2.24) is 9.13 Å². The predicted octanol–water partition coefficient (Wildman–Crippen LogP) is 3.35. The first-order chi connectivity index (χ1) is 15.2. The normalized spacial score (nSPS) is 11.8. The monoisotopic (exact) mass is 460 g/mol. The number of hydrogen-bond donors (Lipinski definition) is 1. The van der Waals surface area contributed by atoms with Crippen LogP contribution in [0.3, 0.4) is 0 Å². The molecule has 0 aliphatic heterocycles. The molecule has 2 aromatic carbocycles. The quantitative estimate of drug-likeness (QED) is 0.312. The van der Waals surface area contributed by atoms with Gasteiger partial charge < -0.3 is 10.1 Å². The van der Waals surface area contributed by atoms with Crippen molar-refractivity contribution in [3.8, 4) is 0 Å². The van der Waals surface area contributed by atoms with E-state index in [9.17, 15) is 24.5 Å². The van der Waals surface area contributed by atoms with Gasteiger partial charge in [0, 0.05) is 25.2 Å². The first-order valence-electron chi connectivity index (χ1n) is 9.85. The van der Waals surface area contributed by atoms with Crippen LogP contribution < -0.4 is 11.0 Å². The molecular weight excluding hydrogens is 440 g/mol. The summed E-state index contributed by atoms with van der Waals surface area (Å²) >= 11 is 5.97. The highest BCUT2D eigenvalue weighted by Crippen LogP contribution is 2.27. The third kappa shape index (κ3) is 4.80. The van der Waals surface area contributed by atoms with E-state index in [4.69, 9.17) is 16.3 Å². The van der Waals surface area contributed by atoms with Crippen LogP contribution in [-0.2, 0) is 27.4 Å². The standard InChI is InChI=1S/C21H21ClN4O6/c1-3-24-17-6-4-5-7-18(17)25(21(24)29)11-10-19(27)32-13(2)20(28)23-16-12-14(26(30)31)8-9-15(16)22/h4-9,12-13H,3,10-11H2,1-2H3,(H,23,28). The van der Waals surface area contributed by atoms with E-state index in [-0.39, 0.29) is 35.1 Å². The number of nitrogens with zero attached hydrogens (tertiary/aromatic N) is 3. The lowest BCUT2D eigenvalue weighted by Crippen LogP contribution is -2.31. The zero-order valence-corrected chi connectivity index (χ0v) is 18.2. The van der Waals surface area contributed by atoms with Crippen LogP contribution in [0, 0.1) is 10.1 Å². The molecule has 0 radical (unpaired) electrons. The number of halogens is 1. The number of nitrogens with one attached hydrogen (secondary N) is 1. The maximum absolute atomic E-state index is 12.6. The molecule has 1 unspecified atom stereocenters. The number of anilines is 1. The van der Waals surface area contributed by atoms with Crippen LogP contribution in [-0.4, -0.2) is 32.0 Å². The van der Waals surface area contributed by atoms with E-state index in [0.717, 1.165) is 11.6 Å². The van der Waals surface area contributed by atoms with Gasteiger partial charge in [0.25, 0.3) is 11.6 Å². The van der Waals surface area contributed by atoms with Crippen molar-refractivity contribution in [1.29, 1.82) is 0 Å². The Kier molecular flexibility index (Phi) is 6.94. The third-order valence-corrected chi connectivity index (χ3v) is 5.21. The number of rotatable bonds is 8. The number of ether oxygens (including phenoxy) is 1. The molecule has 1 atom stereocenters. The largest absolute Gasteiger partial charge is 0.452 e. The van der Waals surface area contributed by atoms with E-state index in [1.807, 2.05) is 25.1 Å². The number of nitro groups is 1. The van der Waals surface area contributed by atoms with E-state index in [0.29, 0.717) is 12.1 Å². The van der Waals surface area contributed by atoms with Gasteiger partial charge in [0.05, 0.1) is 33.1 Å². The fraction of sp³-hybridized carbons (Fsp3) is 0.286. The molecular formula is C21H21ClN4O6. The summed E-state index contributed by atoms with van der Waals surface area (Å²) in [6, 6.07) is 10.9. The molecule has 3 rings (SSSR count). The van der Waals surface area contributed by atoms with Crippen molar-refractivity contribution in [3.63, 3.8) is 0 Å². The van der Waals surface area contributed by atoms with Gasteiger partial charge >= 0.3 is 11.7 Å². The van der Waals surface area contributed by atoms with Gasteiger partial charge in [-0.15, -0.1) is 0 Å². The minimum absolute atomic E-state index is 0.0349. The van der Waals surface area contributed by atoms with Crippen molar-refractivity contribution in [2.45, 2.75) is 39.5 Å². The lowest BCUT2D eigenvalue weighted by molar-refractivity contribution is -0.384. The number of fused-ring (bicyclic) bond motifs is 1. The molecule has 0 spiro atoms. The Bertz CT molecular complexity index is 1250. The van der Waals surface area contributed by atoms with E-state index in [1.54, 1.807) is 10.6 Å². The van der Waals surface area contributed by atoms with Crippen molar-refractivity contribution >= 4 is 45.9 Å². The molecule has 1 amide bonds. The second-order valence-corrected chi connectivity index (χ2v) is 7.37. The highest BCUT2D eigenvalue weighted by atomic mass is 35.5.